The van der Waals surface area contributed by atoms with Gasteiger partial charge in [0.1, 0.15) is 0 Å². The lowest BCUT2D eigenvalue weighted by atomic mass is 10.0. The number of hydrogen-bond acceptors (Lipinski definition) is 6. The van der Waals surface area contributed by atoms with Crippen molar-refractivity contribution in [1.29, 1.82) is 0 Å². The lowest BCUT2D eigenvalue weighted by Crippen LogP contribution is -2.41. The number of nitrogens with one attached hydrogen (secondary N) is 1. The molecule has 168 valence electrons. The Morgan fingerprint density at radius 2 is 2.00 bits per heavy atom. The van der Waals surface area contributed by atoms with Crippen molar-refractivity contribution < 1.29 is 14.6 Å². The molecule has 0 aliphatic carbocycles. The zero-order valence-corrected chi connectivity index (χ0v) is 18.6. The van der Waals surface area contributed by atoms with Crippen molar-refractivity contribution in [2.24, 2.45) is 0 Å². The van der Waals surface area contributed by atoms with Gasteiger partial charge in [-0.2, -0.15) is 0 Å². The van der Waals surface area contributed by atoms with Gasteiger partial charge >= 0.3 is 0 Å². The standard InChI is InChI=1S/C25H30N4O3/c1-26-22-14-24(27-21-11-7-6-10-20(21)22)32-17-25(31)28(2)23(18-8-4-3-5-9-18)16-29-13-12-19(30)15-29/h3-11,14,19,23,30H,12-13,15-17H2,1-2H3,(H,26,27)/t19-,23+/m0/s1. The number of fused-ring (bicyclic) bond motifs is 1. The van der Waals surface area contributed by atoms with Gasteiger partial charge in [-0.15, -0.1) is 0 Å². The summed E-state index contributed by atoms with van der Waals surface area (Å²) < 4.78 is 5.82. The van der Waals surface area contributed by atoms with Crippen LogP contribution in [0.4, 0.5) is 5.69 Å². The number of nitrogens with zero attached hydrogens (tertiary/aromatic N) is 3. The molecule has 3 aromatic rings. The van der Waals surface area contributed by atoms with E-state index < -0.39 is 0 Å². The van der Waals surface area contributed by atoms with Gasteiger partial charge in [-0.05, 0) is 18.1 Å². The molecule has 0 saturated carbocycles. The molecule has 2 aromatic carbocycles. The van der Waals surface area contributed by atoms with E-state index in [1.54, 1.807) is 4.90 Å². The van der Waals surface area contributed by atoms with Crippen molar-refractivity contribution in [3.63, 3.8) is 0 Å². The molecule has 4 rings (SSSR count). The number of likely N-dealkylation sites (N-methyl/N-ethyl adjacent to an activating group) is 1. The maximum Gasteiger partial charge on any atom is 0.260 e. The third-order valence-corrected chi connectivity index (χ3v) is 6.03. The molecule has 1 saturated heterocycles. The van der Waals surface area contributed by atoms with E-state index in [-0.39, 0.29) is 24.7 Å². The first-order valence-corrected chi connectivity index (χ1v) is 11.0. The number of amides is 1. The Balaban J connectivity index is 1.47. The predicted octanol–water partition coefficient (Wildman–Crippen LogP) is 2.92. The van der Waals surface area contributed by atoms with E-state index in [0.29, 0.717) is 19.0 Å². The van der Waals surface area contributed by atoms with Gasteiger partial charge in [-0.3, -0.25) is 9.69 Å². The van der Waals surface area contributed by atoms with Crippen LogP contribution >= 0.6 is 0 Å². The van der Waals surface area contributed by atoms with Gasteiger partial charge in [-0.1, -0.05) is 48.5 Å². The Morgan fingerprint density at radius 1 is 1.25 bits per heavy atom. The smallest absolute Gasteiger partial charge is 0.260 e. The van der Waals surface area contributed by atoms with E-state index in [0.717, 1.165) is 35.1 Å². The monoisotopic (exact) mass is 434 g/mol. The number of hydrogen-bond donors (Lipinski definition) is 2. The molecule has 0 unspecified atom stereocenters. The number of carbonyl (C=O) groups is 1. The molecule has 2 heterocycles. The molecule has 0 spiro atoms. The fraction of sp³-hybridized carbons (Fsp3) is 0.360. The molecule has 0 radical (unpaired) electrons. The Bertz CT molecular complexity index is 1060. The van der Waals surface area contributed by atoms with Crippen LogP contribution in [0.25, 0.3) is 10.9 Å². The van der Waals surface area contributed by atoms with Gasteiger partial charge in [0.05, 0.1) is 17.7 Å². The van der Waals surface area contributed by atoms with Crippen molar-refractivity contribution >= 4 is 22.5 Å². The number of aromatic nitrogens is 1. The van der Waals surface area contributed by atoms with Gasteiger partial charge < -0.3 is 20.1 Å². The molecule has 2 N–H and O–H groups in total. The highest BCUT2D eigenvalue weighted by Gasteiger charge is 2.28. The predicted molar refractivity (Wildman–Crippen MR) is 126 cm³/mol. The van der Waals surface area contributed by atoms with E-state index in [9.17, 15) is 9.90 Å². The second-order valence-corrected chi connectivity index (χ2v) is 8.20. The zero-order chi connectivity index (χ0) is 22.5. The van der Waals surface area contributed by atoms with Crippen LogP contribution in [0.1, 0.15) is 18.0 Å². The summed E-state index contributed by atoms with van der Waals surface area (Å²) in [5.41, 5.74) is 2.78. The van der Waals surface area contributed by atoms with Crippen LogP contribution < -0.4 is 10.1 Å². The Kier molecular flexibility index (Phi) is 6.87. The summed E-state index contributed by atoms with van der Waals surface area (Å²) in [7, 11) is 3.66. The Hall–Kier alpha value is -3.16. The summed E-state index contributed by atoms with van der Waals surface area (Å²) in [4.78, 5) is 21.6. The first kappa shape index (κ1) is 22.0. The fourth-order valence-electron chi connectivity index (χ4n) is 4.19. The topological polar surface area (TPSA) is 77.9 Å². The Morgan fingerprint density at radius 3 is 2.72 bits per heavy atom. The van der Waals surface area contributed by atoms with Gasteiger partial charge in [0.2, 0.25) is 5.88 Å². The number of benzene rings is 2. The molecule has 1 aromatic heterocycles. The van der Waals surface area contributed by atoms with Crippen molar-refractivity contribution in [3.05, 3.63) is 66.2 Å². The molecule has 7 heteroatoms. The van der Waals surface area contributed by atoms with Crippen LogP contribution in [0.15, 0.2) is 60.7 Å². The van der Waals surface area contributed by atoms with Crippen molar-refractivity contribution in [2.45, 2.75) is 18.6 Å². The summed E-state index contributed by atoms with van der Waals surface area (Å²) in [5.74, 6) is 0.285. The number of β-amino-alcohol motifs (C(OH)–C–C–N with tert-alkyl or cyclic N) is 1. The van der Waals surface area contributed by atoms with Gasteiger partial charge in [0.25, 0.3) is 5.91 Å². The highest BCUT2D eigenvalue weighted by molar-refractivity contribution is 5.91. The number of pyridine rings is 1. The molecule has 1 fully saturated rings. The van der Waals surface area contributed by atoms with Crippen LogP contribution in [0.3, 0.4) is 0 Å². The quantitative estimate of drug-likeness (QED) is 0.568. The summed E-state index contributed by atoms with van der Waals surface area (Å²) in [5, 5.41) is 14.1. The van der Waals surface area contributed by atoms with Crippen molar-refractivity contribution in [1.82, 2.24) is 14.8 Å². The normalized spacial score (nSPS) is 17.3. The number of likely N-dealkylation sites (tertiary alicyclic amines) is 1. The number of ether oxygens (including phenoxy) is 1. The number of carbonyl (C=O) groups excluding carboxylic acids is 1. The summed E-state index contributed by atoms with van der Waals surface area (Å²) in [6, 6.07) is 19.5. The number of rotatable bonds is 8. The average molecular weight is 435 g/mol. The largest absolute Gasteiger partial charge is 0.467 e. The third-order valence-electron chi connectivity index (χ3n) is 6.03. The number of anilines is 1. The minimum Gasteiger partial charge on any atom is -0.467 e. The SMILES string of the molecule is CNc1cc(OCC(=O)N(C)[C@H](CN2CC[C@H](O)C2)c2ccccc2)nc2ccccc12. The summed E-state index contributed by atoms with van der Waals surface area (Å²) in [6.07, 6.45) is 0.472. The Labute approximate surface area is 188 Å². The van der Waals surface area contributed by atoms with Crippen LogP contribution in [0.5, 0.6) is 5.88 Å². The van der Waals surface area contributed by atoms with E-state index >= 15 is 0 Å². The van der Waals surface area contributed by atoms with Crippen LogP contribution in [-0.2, 0) is 4.79 Å². The van der Waals surface area contributed by atoms with E-state index in [1.165, 1.54) is 0 Å². The highest BCUT2D eigenvalue weighted by atomic mass is 16.5. The van der Waals surface area contributed by atoms with E-state index in [2.05, 4.69) is 15.2 Å². The van der Waals surface area contributed by atoms with Crippen LogP contribution in [0, 0.1) is 0 Å². The summed E-state index contributed by atoms with van der Waals surface area (Å²) >= 11 is 0. The molecule has 1 amide bonds. The minimum absolute atomic E-state index is 0.100. The molecule has 1 aliphatic rings. The molecule has 0 bridgehead atoms. The minimum atomic E-state index is -0.295. The molecule has 7 nitrogen and oxygen atoms in total. The molecule has 32 heavy (non-hydrogen) atoms. The number of aliphatic hydroxyl groups is 1. The zero-order valence-electron chi connectivity index (χ0n) is 18.6. The number of para-hydroxylation sites is 1. The maximum absolute atomic E-state index is 13.1. The number of aliphatic hydroxyl groups excluding tert-OH is 1. The van der Waals surface area contributed by atoms with Crippen molar-refractivity contribution in [3.8, 4) is 5.88 Å². The average Bonchev–Trinajstić information content (AvgIpc) is 3.25. The maximum atomic E-state index is 13.1. The fourth-order valence-corrected chi connectivity index (χ4v) is 4.19. The van der Waals surface area contributed by atoms with Crippen molar-refractivity contribution in [2.75, 3.05) is 45.7 Å². The van der Waals surface area contributed by atoms with Crippen LogP contribution in [0.2, 0.25) is 0 Å². The van der Waals surface area contributed by atoms with Gasteiger partial charge in [-0.25, -0.2) is 4.98 Å². The molecular formula is C25H30N4O3. The molecule has 2 atom stereocenters. The lowest BCUT2D eigenvalue weighted by molar-refractivity contribution is -0.134. The third kappa shape index (κ3) is 5.00. The second kappa shape index (κ2) is 9.97. The second-order valence-electron chi connectivity index (χ2n) is 8.20. The highest BCUT2D eigenvalue weighted by Crippen LogP contribution is 2.27. The first-order valence-electron chi connectivity index (χ1n) is 11.0. The van der Waals surface area contributed by atoms with E-state index in [1.807, 2.05) is 74.8 Å². The van der Waals surface area contributed by atoms with Gasteiger partial charge in [0.15, 0.2) is 6.61 Å². The summed E-state index contributed by atoms with van der Waals surface area (Å²) in [6.45, 7) is 2.03. The van der Waals surface area contributed by atoms with Crippen LogP contribution in [-0.4, -0.2) is 72.2 Å². The molecule has 1 aliphatic heterocycles. The first-order chi connectivity index (χ1) is 15.5. The van der Waals surface area contributed by atoms with E-state index in [4.69, 9.17) is 4.74 Å². The molecular weight excluding hydrogens is 404 g/mol. The van der Waals surface area contributed by atoms with Gasteiger partial charge in [0, 0.05) is 50.9 Å². The lowest BCUT2D eigenvalue weighted by Gasteiger charge is -2.32.